The second-order valence-corrected chi connectivity index (χ2v) is 6.03. The van der Waals surface area contributed by atoms with Crippen LogP contribution in [0, 0.1) is 0 Å². The molecule has 0 spiro atoms. The molecule has 1 fully saturated rings. The Morgan fingerprint density at radius 1 is 1.45 bits per heavy atom. The van der Waals surface area contributed by atoms with Crippen LogP contribution in [0.2, 0.25) is 0 Å². The van der Waals surface area contributed by atoms with Crippen molar-refractivity contribution in [1.82, 2.24) is 14.3 Å². The number of likely N-dealkylation sites (tertiary alicyclic amines) is 1. The van der Waals surface area contributed by atoms with Gasteiger partial charge >= 0.3 is 0 Å². The van der Waals surface area contributed by atoms with Crippen LogP contribution in [0.5, 0.6) is 0 Å². The highest BCUT2D eigenvalue weighted by Crippen LogP contribution is 2.23. The number of imidazole rings is 1. The summed E-state index contributed by atoms with van der Waals surface area (Å²) in [6.07, 6.45) is 7.86. The van der Waals surface area contributed by atoms with Crippen molar-refractivity contribution < 1.29 is 0 Å². The van der Waals surface area contributed by atoms with E-state index >= 15 is 0 Å². The van der Waals surface area contributed by atoms with Gasteiger partial charge in [0, 0.05) is 43.0 Å². The fraction of sp³-hybridized carbons (Fsp3) is 0.562. The molecule has 0 bridgehead atoms. The van der Waals surface area contributed by atoms with Gasteiger partial charge in [-0.3, -0.25) is 4.90 Å². The van der Waals surface area contributed by atoms with Crippen molar-refractivity contribution in [2.24, 2.45) is 5.73 Å². The molecule has 2 aromatic heterocycles. The predicted molar refractivity (Wildman–Crippen MR) is 81.7 cm³/mol. The molecular weight excluding hydrogens is 248 g/mol. The maximum Gasteiger partial charge on any atom is 0.141 e. The molecule has 0 amide bonds. The first-order valence-corrected chi connectivity index (χ1v) is 7.60. The Morgan fingerprint density at radius 3 is 3.05 bits per heavy atom. The molecule has 1 aliphatic rings. The van der Waals surface area contributed by atoms with Crippen LogP contribution >= 0.6 is 0 Å². The summed E-state index contributed by atoms with van der Waals surface area (Å²) in [4.78, 5) is 7.40. The van der Waals surface area contributed by atoms with E-state index in [1.807, 2.05) is 6.07 Å². The van der Waals surface area contributed by atoms with E-state index in [2.05, 4.69) is 41.6 Å². The second kappa shape index (κ2) is 5.54. The summed E-state index contributed by atoms with van der Waals surface area (Å²) in [7, 11) is 0. The lowest BCUT2D eigenvalue weighted by atomic mass is 10.1. The number of nitrogens with zero attached hydrogens (tertiary/aromatic N) is 3. The normalized spacial score (nSPS) is 20.3. The molecule has 0 aliphatic carbocycles. The SMILES string of the molecule is CC(C)N1CCCC1Cc1cn2cccc(CN)c2n1. The standard InChI is InChI=1S/C16H24N4/c1-12(2)20-8-4-6-15(20)9-14-11-19-7-3-5-13(10-17)16(19)18-14/h3,5,7,11-12,15H,4,6,8-10,17H2,1-2H3. The summed E-state index contributed by atoms with van der Waals surface area (Å²) in [5.41, 5.74) is 9.10. The summed E-state index contributed by atoms with van der Waals surface area (Å²) < 4.78 is 2.10. The van der Waals surface area contributed by atoms with Crippen LogP contribution in [-0.4, -0.2) is 32.9 Å². The van der Waals surface area contributed by atoms with Crippen molar-refractivity contribution in [3.8, 4) is 0 Å². The van der Waals surface area contributed by atoms with Gasteiger partial charge in [-0.1, -0.05) is 6.07 Å². The van der Waals surface area contributed by atoms with E-state index in [1.54, 1.807) is 0 Å². The maximum absolute atomic E-state index is 5.79. The fourth-order valence-electron chi connectivity index (χ4n) is 3.38. The summed E-state index contributed by atoms with van der Waals surface area (Å²) in [6.45, 7) is 6.34. The first-order chi connectivity index (χ1) is 9.69. The van der Waals surface area contributed by atoms with Gasteiger partial charge in [0.25, 0.3) is 0 Å². The number of aromatic nitrogens is 2. The van der Waals surface area contributed by atoms with Gasteiger partial charge in [-0.25, -0.2) is 4.98 Å². The molecule has 0 aromatic carbocycles. The van der Waals surface area contributed by atoms with Crippen molar-refractivity contribution in [3.63, 3.8) is 0 Å². The largest absolute Gasteiger partial charge is 0.326 e. The Hall–Kier alpha value is -1.39. The Balaban J connectivity index is 1.84. The van der Waals surface area contributed by atoms with Gasteiger partial charge in [0.05, 0.1) is 5.69 Å². The zero-order valence-electron chi connectivity index (χ0n) is 12.4. The van der Waals surface area contributed by atoms with Crippen LogP contribution in [-0.2, 0) is 13.0 Å². The average molecular weight is 272 g/mol. The molecule has 2 aromatic rings. The summed E-state index contributed by atoms with van der Waals surface area (Å²) in [5, 5.41) is 0. The average Bonchev–Trinajstić information content (AvgIpc) is 3.04. The molecule has 4 heteroatoms. The minimum Gasteiger partial charge on any atom is -0.326 e. The zero-order chi connectivity index (χ0) is 14.1. The summed E-state index contributed by atoms with van der Waals surface area (Å²) in [5.74, 6) is 0. The molecule has 108 valence electrons. The third-order valence-electron chi connectivity index (χ3n) is 4.36. The molecule has 1 saturated heterocycles. The maximum atomic E-state index is 5.79. The molecule has 1 unspecified atom stereocenters. The van der Waals surface area contributed by atoms with Gasteiger partial charge in [0.2, 0.25) is 0 Å². The van der Waals surface area contributed by atoms with Crippen molar-refractivity contribution in [2.45, 2.75) is 51.7 Å². The third kappa shape index (κ3) is 2.45. The lowest BCUT2D eigenvalue weighted by molar-refractivity contribution is 0.202. The third-order valence-corrected chi connectivity index (χ3v) is 4.36. The van der Waals surface area contributed by atoms with Gasteiger partial charge in [0.15, 0.2) is 0 Å². The molecule has 20 heavy (non-hydrogen) atoms. The van der Waals surface area contributed by atoms with Crippen LogP contribution in [0.3, 0.4) is 0 Å². The van der Waals surface area contributed by atoms with E-state index < -0.39 is 0 Å². The molecule has 1 aliphatic heterocycles. The van der Waals surface area contributed by atoms with Crippen LogP contribution < -0.4 is 5.73 Å². The molecule has 3 heterocycles. The Bertz CT molecular complexity index is 587. The van der Waals surface area contributed by atoms with Crippen LogP contribution in [0.1, 0.15) is 37.9 Å². The quantitative estimate of drug-likeness (QED) is 0.928. The number of hydrogen-bond acceptors (Lipinski definition) is 3. The summed E-state index contributed by atoms with van der Waals surface area (Å²) >= 11 is 0. The van der Waals surface area contributed by atoms with E-state index in [9.17, 15) is 0 Å². The minimum absolute atomic E-state index is 0.544. The molecule has 2 N–H and O–H groups in total. The first-order valence-electron chi connectivity index (χ1n) is 7.60. The molecule has 0 radical (unpaired) electrons. The number of hydrogen-bond donors (Lipinski definition) is 1. The van der Waals surface area contributed by atoms with Crippen molar-refractivity contribution >= 4 is 5.65 Å². The second-order valence-electron chi connectivity index (χ2n) is 6.03. The van der Waals surface area contributed by atoms with Gasteiger partial charge in [-0.2, -0.15) is 0 Å². The van der Waals surface area contributed by atoms with Gasteiger partial charge in [-0.15, -0.1) is 0 Å². The Labute approximate surface area is 120 Å². The van der Waals surface area contributed by atoms with Gasteiger partial charge in [0.1, 0.15) is 5.65 Å². The fourth-order valence-corrected chi connectivity index (χ4v) is 3.38. The first kappa shape index (κ1) is 13.6. The van der Waals surface area contributed by atoms with E-state index in [0.717, 1.165) is 17.6 Å². The Morgan fingerprint density at radius 2 is 2.30 bits per heavy atom. The van der Waals surface area contributed by atoms with Crippen LogP contribution in [0.4, 0.5) is 0 Å². The van der Waals surface area contributed by atoms with Gasteiger partial charge < -0.3 is 10.1 Å². The smallest absolute Gasteiger partial charge is 0.141 e. The number of pyridine rings is 1. The highest BCUT2D eigenvalue weighted by Gasteiger charge is 2.27. The highest BCUT2D eigenvalue weighted by molar-refractivity contribution is 5.48. The minimum atomic E-state index is 0.544. The number of rotatable bonds is 4. The molecule has 1 atom stereocenters. The molecule has 4 nitrogen and oxygen atoms in total. The van der Waals surface area contributed by atoms with E-state index in [1.165, 1.54) is 25.1 Å². The lowest BCUT2D eigenvalue weighted by Crippen LogP contribution is -2.36. The monoisotopic (exact) mass is 272 g/mol. The summed E-state index contributed by atoms with van der Waals surface area (Å²) in [6, 6.07) is 5.36. The zero-order valence-corrected chi connectivity index (χ0v) is 12.4. The topological polar surface area (TPSA) is 46.6 Å². The van der Waals surface area contributed by atoms with Crippen LogP contribution in [0.25, 0.3) is 5.65 Å². The molecule has 0 saturated carbocycles. The van der Waals surface area contributed by atoms with E-state index in [4.69, 9.17) is 10.7 Å². The lowest BCUT2D eigenvalue weighted by Gasteiger charge is -2.27. The number of fused-ring (bicyclic) bond motifs is 1. The predicted octanol–water partition coefficient (Wildman–Crippen LogP) is 2.21. The van der Waals surface area contributed by atoms with Gasteiger partial charge in [-0.05, 0) is 39.3 Å². The number of nitrogens with two attached hydrogens (primary N) is 1. The van der Waals surface area contributed by atoms with E-state index in [0.29, 0.717) is 18.6 Å². The highest BCUT2D eigenvalue weighted by atomic mass is 15.2. The molecular formula is C16H24N4. The van der Waals surface area contributed by atoms with Crippen LogP contribution in [0.15, 0.2) is 24.5 Å². The Kier molecular flexibility index (Phi) is 3.76. The van der Waals surface area contributed by atoms with E-state index in [-0.39, 0.29) is 0 Å². The van der Waals surface area contributed by atoms with Crippen molar-refractivity contribution in [2.75, 3.05) is 6.54 Å². The van der Waals surface area contributed by atoms with Crippen molar-refractivity contribution in [3.05, 3.63) is 35.8 Å². The molecule has 3 rings (SSSR count). The van der Waals surface area contributed by atoms with Crippen molar-refractivity contribution in [1.29, 1.82) is 0 Å².